The summed E-state index contributed by atoms with van der Waals surface area (Å²) < 4.78 is 0. The Balaban J connectivity index is 1.81. The summed E-state index contributed by atoms with van der Waals surface area (Å²) in [4.78, 5) is 0. The average molecular weight is 281 g/mol. The van der Waals surface area contributed by atoms with Crippen LogP contribution >= 0.6 is 0 Å². The molecule has 1 saturated carbocycles. The maximum absolute atomic E-state index is 3.61. The van der Waals surface area contributed by atoms with E-state index in [0.29, 0.717) is 6.04 Å². The van der Waals surface area contributed by atoms with Gasteiger partial charge in [0.15, 0.2) is 0 Å². The summed E-state index contributed by atoms with van der Waals surface area (Å²) in [5.41, 5.74) is 1.50. The lowest BCUT2D eigenvalue weighted by Crippen LogP contribution is -2.35. The van der Waals surface area contributed by atoms with Gasteiger partial charge in [-0.2, -0.15) is 0 Å². The first-order valence-corrected chi connectivity index (χ1v) is 8.52. The van der Waals surface area contributed by atoms with Crippen molar-refractivity contribution < 1.29 is 0 Å². The van der Waals surface area contributed by atoms with Crippen molar-refractivity contribution in [3.8, 4) is 0 Å². The molecule has 0 aromatic heterocycles. The van der Waals surface area contributed by atoms with Crippen molar-refractivity contribution in [3.05, 3.63) is 48.0 Å². The summed E-state index contributed by atoms with van der Waals surface area (Å²) in [5, 5.41) is 6.40. The Morgan fingerprint density at radius 3 is 2.43 bits per heavy atom. The molecule has 0 saturated heterocycles. The summed E-state index contributed by atoms with van der Waals surface area (Å²) in [6, 6.07) is 16.1. The van der Waals surface area contributed by atoms with Crippen molar-refractivity contribution in [2.75, 3.05) is 7.05 Å². The van der Waals surface area contributed by atoms with Crippen LogP contribution in [0.1, 0.15) is 44.1 Å². The molecular formula is C20H27N. The molecule has 112 valence electrons. The van der Waals surface area contributed by atoms with Crippen LogP contribution in [0, 0.1) is 5.92 Å². The molecule has 0 heterocycles. The average Bonchev–Trinajstić information content (AvgIpc) is 2.82. The molecule has 21 heavy (non-hydrogen) atoms. The second-order valence-electron chi connectivity index (χ2n) is 6.49. The van der Waals surface area contributed by atoms with Gasteiger partial charge in [0.05, 0.1) is 0 Å². The number of nitrogens with one attached hydrogen (secondary N) is 1. The molecule has 1 aliphatic rings. The number of hydrogen-bond donors (Lipinski definition) is 1. The molecule has 0 amide bonds. The van der Waals surface area contributed by atoms with Crippen LogP contribution < -0.4 is 5.32 Å². The molecule has 0 spiro atoms. The third-order valence-electron chi connectivity index (χ3n) is 5.16. The topological polar surface area (TPSA) is 12.0 Å². The van der Waals surface area contributed by atoms with Crippen LogP contribution in [0.4, 0.5) is 0 Å². The first-order valence-electron chi connectivity index (χ1n) is 8.52. The van der Waals surface area contributed by atoms with Gasteiger partial charge >= 0.3 is 0 Å². The lowest BCUT2D eigenvalue weighted by Gasteiger charge is -2.26. The van der Waals surface area contributed by atoms with E-state index in [-0.39, 0.29) is 0 Å². The predicted octanol–water partition coefficient (Wildman–Crippen LogP) is 4.94. The van der Waals surface area contributed by atoms with Gasteiger partial charge in [-0.05, 0) is 48.6 Å². The van der Waals surface area contributed by atoms with Crippen LogP contribution in [0.25, 0.3) is 10.8 Å². The minimum Gasteiger partial charge on any atom is -0.316 e. The van der Waals surface area contributed by atoms with Crippen molar-refractivity contribution in [2.24, 2.45) is 5.92 Å². The van der Waals surface area contributed by atoms with E-state index in [0.717, 1.165) is 12.3 Å². The lowest BCUT2D eigenvalue weighted by atomic mass is 9.86. The molecule has 3 rings (SSSR count). The van der Waals surface area contributed by atoms with Crippen molar-refractivity contribution in [3.63, 3.8) is 0 Å². The van der Waals surface area contributed by atoms with Crippen molar-refractivity contribution in [1.29, 1.82) is 0 Å². The SMILES string of the molecule is CNC(Cc1cccc2ccccc12)C1CCCCCC1. The number of rotatable bonds is 4. The van der Waals surface area contributed by atoms with Crippen LogP contribution in [0.2, 0.25) is 0 Å². The van der Waals surface area contributed by atoms with Gasteiger partial charge in [0.2, 0.25) is 0 Å². The molecule has 1 nitrogen and oxygen atoms in total. The first kappa shape index (κ1) is 14.6. The molecule has 1 aliphatic carbocycles. The zero-order valence-corrected chi connectivity index (χ0v) is 13.1. The zero-order chi connectivity index (χ0) is 14.5. The highest BCUT2D eigenvalue weighted by atomic mass is 14.9. The molecule has 0 aliphatic heterocycles. The van der Waals surface area contributed by atoms with E-state index in [1.54, 1.807) is 0 Å². The van der Waals surface area contributed by atoms with Gasteiger partial charge in [-0.15, -0.1) is 0 Å². The van der Waals surface area contributed by atoms with Crippen LogP contribution in [-0.4, -0.2) is 13.1 Å². The van der Waals surface area contributed by atoms with Crippen LogP contribution in [-0.2, 0) is 6.42 Å². The fourth-order valence-electron chi connectivity index (χ4n) is 3.93. The number of benzene rings is 2. The summed E-state index contributed by atoms with van der Waals surface area (Å²) in [6.07, 6.45) is 9.65. The van der Waals surface area contributed by atoms with Gasteiger partial charge in [0.25, 0.3) is 0 Å². The van der Waals surface area contributed by atoms with Gasteiger partial charge in [-0.1, -0.05) is 68.1 Å². The molecule has 1 N–H and O–H groups in total. The summed E-state index contributed by atoms with van der Waals surface area (Å²) in [5.74, 6) is 0.844. The Morgan fingerprint density at radius 2 is 1.67 bits per heavy atom. The maximum atomic E-state index is 3.61. The number of likely N-dealkylation sites (N-methyl/N-ethyl adjacent to an activating group) is 1. The van der Waals surface area contributed by atoms with Gasteiger partial charge < -0.3 is 5.32 Å². The fraction of sp³-hybridized carbons (Fsp3) is 0.500. The third-order valence-corrected chi connectivity index (χ3v) is 5.16. The predicted molar refractivity (Wildman–Crippen MR) is 91.7 cm³/mol. The standard InChI is InChI=1S/C20H27N/c1-21-20(17-10-4-2-3-5-11-17)15-18-13-8-12-16-9-6-7-14-19(16)18/h6-9,12-14,17,20-21H,2-5,10-11,15H2,1H3. The Morgan fingerprint density at radius 1 is 0.952 bits per heavy atom. The monoisotopic (exact) mass is 281 g/mol. The number of fused-ring (bicyclic) bond motifs is 1. The Kier molecular flexibility index (Phi) is 4.92. The van der Waals surface area contributed by atoms with E-state index in [1.165, 1.54) is 54.9 Å². The van der Waals surface area contributed by atoms with E-state index < -0.39 is 0 Å². The Bertz CT molecular complexity index is 562. The first-order chi connectivity index (χ1) is 10.4. The Labute approximate surface area is 128 Å². The van der Waals surface area contributed by atoms with E-state index in [9.17, 15) is 0 Å². The minimum absolute atomic E-state index is 0.619. The van der Waals surface area contributed by atoms with Crippen LogP contribution in [0.5, 0.6) is 0 Å². The molecular weight excluding hydrogens is 254 g/mol. The van der Waals surface area contributed by atoms with Gasteiger partial charge in [0.1, 0.15) is 0 Å². The highest BCUT2D eigenvalue weighted by Crippen LogP contribution is 2.28. The largest absolute Gasteiger partial charge is 0.316 e. The molecule has 1 atom stereocenters. The molecule has 2 aromatic rings. The molecule has 0 radical (unpaired) electrons. The van der Waals surface area contributed by atoms with Gasteiger partial charge in [-0.25, -0.2) is 0 Å². The molecule has 1 unspecified atom stereocenters. The summed E-state index contributed by atoms with van der Waals surface area (Å²) >= 11 is 0. The third kappa shape index (κ3) is 3.47. The molecule has 0 bridgehead atoms. The minimum atomic E-state index is 0.619. The zero-order valence-electron chi connectivity index (χ0n) is 13.1. The quantitative estimate of drug-likeness (QED) is 0.783. The van der Waals surface area contributed by atoms with Gasteiger partial charge in [-0.3, -0.25) is 0 Å². The van der Waals surface area contributed by atoms with Crippen molar-refractivity contribution in [1.82, 2.24) is 5.32 Å². The van der Waals surface area contributed by atoms with Crippen LogP contribution in [0.15, 0.2) is 42.5 Å². The van der Waals surface area contributed by atoms with E-state index in [2.05, 4.69) is 54.8 Å². The van der Waals surface area contributed by atoms with E-state index >= 15 is 0 Å². The highest BCUT2D eigenvalue weighted by molar-refractivity contribution is 5.85. The Hall–Kier alpha value is -1.34. The maximum Gasteiger partial charge on any atom is 0.0133 e. The van der Waals surface area contributed by atoms with Crippen molar-refractivity contribution >= 4 is 10.8 Å². The lowest BCUT2D eigenvalue weighted by molar-refractivity contribution is 0.333. The highest BCUT2D eigenvalue weighted by Gasteiger charge is 2.22. The molecule has 2 aromatic carbocycles. The smallest absolute Gasteiger partial charge is 0.0133 e. The summed E-state index contributed by atoms with van der Waals surface area (Å²) in [7, 11) is 2.14. The molecule has 1 heteroatoms. The summed E-state index contributed by atoms with van der Waals surface area (Å²) in [6.45, 7) is 0. The second-order valence-corrected chi connectivity index (χ2v) is 6.49. The van der Waals surface area contributed by atoms with Crippen molar-refractivity contribution in [2.45, 2.75) is 51.0 Å². The van der Waals surface area contributed by atoms with E-state index in [4.69, 9.17) is 0 Å². The van der Waals surface area contributed by atoms with E-state index in [1.807, 2.05) is 0 Å². The normalized spacial score (nSPS) is 18.5. The molecule has 1 fully saturated rings. The number of hydrogen-bond acceptors (Lipinski definition) is 1. The van der Waals surface area contributed by atoms with Gasteiger partial charge in [0, 0.05) is 6.04 Å². The fourth-order valence-corrected chi connectivity index (χ4v) is 3.93. The second kappa shape index (κ2) is 7.09. The van der Waals surface area contributed by atoms with Crippen LogP contribution in [0.3, 0.4) is 0 Å².